The number of aromatic nitrogens is 2. The number of thiophene rings is 1. The number of hydrogen-bond donors (Lipinski definition) is 2. The average Bonchev–Trinajstić information content (AvgIpc) is 3.16. The predicted octanol–water partition coefficient (Wildman–Crippen LogP) is 4.33. The molecule has 0 atom stereocenters. The molecule has 150 valence electrons. The number of rotatable bonds is 5. The van der Waals surface area contributed by atoms with E-state index in [1.165, 1.54) is 11.3 Å². The van der Waals surface area contributed by atoms with E-state index in [2.05, 4.69) is 25.5 Å². The number of anilines is 4. The van der Waals surface area contributed by atoms with Crippen molar-refractivity contribution in [3.05, 3.63) is 57.4 Å². The number of amides is 1. The zero-order chi connectivity index (χ0) is 20.2. The summed E-state index contributed by atoms with van der Waals surface area (Å²) < 4.78 is 6.00. The molecule has 4 rings (SSSR count). The molecule has 0 saturated carbocycles. The van der Waals surface area contributed by atoms with Crippen LogP contribution in [0.4, 0.5) is 23.1 Å². The molecule has 0 aliphatic carbocycles. The molecule has 0 unspecified atom stereocenters. The van der Waals surface area contributed by atoms with Gasteiger partial charge in [-0.2, -0.15) is 4.98 Å². The first-order valence-corrected chi connectivity index (χ1v) is 10.4. The molecule has 1 saturated heterocycles. The zero-order valence-corrected chi connectivity index (χ0v) is 17.4. The number of benzene rings is 1. The van der Waals surface area contributed by atoms with E-state index in [1.807, 2.05) is 37.3 Å². The van der Waals surface area contributed by atoms with Crippen LogP contribution >= 0.6 is 22.9 Å². The van der Waals surface area contributed by atoms with Crippen molar-refractivity contribution in [2.75, 3.05) is 41.8 Å². The second kappa shape index (κ2) is 8.77. The lowest BCUT2D eigenvalue weighted by molar-refractivity contribution is 0.103. The van der Waals surface area contributed by atoms with Gasteiger partial charge in [-0.15, -0.1) is 11.3 Å². The van der Waals surface area contributed by atoms with Crippen molar-refractivity contribution in [2.45, 2.75) is 6.92 Å². The second-order valence-corrected chi connectivity index (χ2v) is 8.27. The third kappa shape index (κ3) is 5.03. The molecule has 29 heavy (non-hydrogen) atoms. The summed E-state index contributed by atoms with van der Waals surface area (Å²) in [4.78, 5) is 24.1. The molecule has 0 spiro atoms. The minimum atomic E-state index is -0.181. The number of carbonyl (C=O) groups excluding carboxylic acids is 1. The maximum absolute atomic E-state index is 12.2. The molecule has 1 aliphatic heterocycles. The first kappa shape index (κ1) is 19.6. The molecule has 2 N–H and O–H groups in total. The van der Waals surface area contributed by atoms with Crippen molar-refractivity contribution in [1.29, 1.82) is 0 Å². The first-order valence-electron chi connectivity index (χ1n) is 9.19. The van der Waals surface area contributed by atoms with Crippen LogP contribution in [0.5, 0.6) is 0 Å². The Labute approximate surface area is 177 Å². The first-order chi connectivity index (χ1) is 14.1. The third-order valence-electron chi connectivity index (χ3n) is 4.37. The van der Waals surface area contributed by atoms with E-state index in [9.17, 15) is 4.79 Å². The van der Waals surface area contributed by atoms with Crippen LogP contribution in [0.1, 0.15) is 15.4 Å². The molecule has 1 aromatic carbocycles. The fourth-order valence-corrected chi connectivity index (χ4v) is 3.90. The van der Waals surface area contributed by atoms with Crippen molar-refractivity contribution in [2.24, 2.45) is 0 Å². The lowest BCUT2D eigenvalue weighted by Crippen LogP contribution is -2.36. The number of nitrogens with one attached hydrogen (secondary N) is 2. The SMILES string of the molecule is Cc1cc(N2CCOCC2)nc(Nc2ccc(NC(=O)c3ccc(Cl)s3)cc2)n1. The summed E-state index contributed by atoms with van der Waals surface area (Å²) >= 11 is 7.13. The van der Waals surface area contributed by atoms with Crippen LogP contribution in [0.2, 0.25) is 4.34 Å². The van der Waals surface area contributed by atoms with Crippen LogP contribution in [0.25, 0.3) is 0 Å². The van der Waals surface area contributed by atoms with Crippen molar-refractivity contribution in [3.63, 3.8) is 0 Å². The summed E-state index contributed by atoms with van der Waals surface area (Å²) in [6.07, 6.45) is 0. The molecule has 1 aliphatic rings. The van der Waals surface area contributed by atoms with Gasteiger partial charge in [0.15, 0.2) is 0 Å². The second-order valence-electron chi connectivity index (χ2n) is 6.55. The summed E-state index contributed by atoms with van der Waals surface area (Å²) in [5, 5.41) is 6.09. The standard InChI is InChI=1S/C20H20ClN5O2S/c1-13-12-18(26-8-10-28-11-9-26)25-20(22-13)24-15-4-2-14(3-5-15)23-19(27)16-6-7-17(21)29-16/h2-7,12H,8-11H2,1H3,(H,23,27)(H,22,24,25). The van der Waals surface area contributed by atoms with Gasteiger partial charge in [0.25, 0.3) is 5.91 Å². The predicted molar refractivity (Wildman–Crippen MR) is 117 cm³/mol. The number of halogens is 1. The smallest absolute Gasteiger partial charge is 0.265 e. The topological polar surface area (TPSA) is 79.4 Å². The Bertz CT molecular complexity index is 1000. The van der Waals surface area contributed by atoms with Gasteiger partial charge >= 0.3 is 0 Å². The number of hydrogen-bond acceptors (Lipinski definition) is 7. The van der Waals surface area contributed by atoms with Gasteiger partial charge in [-0.25, -0.2) is 4.98 Å². The maximum atomic E-state index is 12.2. The highest BCUT2D eigenvalue weighted by Crippen LogP contribution is 2.24. The molecular formula is C20H20ClN5O2S. The average molecular weight is 430 g/mol. The van der Waals surface area contributed by atoms with Gasteiger partial charge in [-0.1, -0.05) is 11.6 Å². The Balaban J connectivity index is 1.43. The summed E-state index contributed by atoms with van der Waals surface area (Å²) in [6.45, 7) is 5.00. The van der Waals surface area contributed by atoms with E-state index in [4.69, 9.17) is 16.3 Å². The van der Waals surface area contributed by atoms with Crippen molar-refractivity contribution in [3.8, 4) is 0 Å². The Morgan fingerprint density at radius 3 is 2.52 bits per heavy atom. The Morgan fingerprint density at radius 1 is 1.10 bits per heavy atom. The van der Waals surface area contributed by atoms with Gasteiger partial charge in [-0.3, -0.25) is 4.79 Å². The van der Waals surface area contributed by atoms with Crippen LogP contribution in [0.3, 0.4) is 0 Å². The highest BCUT2D eigenvalue weighted by molar-refractivity contribution is 7.18. The summed E-state index contributed by atoms with van der Waals surface area (Å²) in [5.74, 6) is 1.25. The fraction of sp³-hybridized carbons (Fsp3) is 0.250. The molecule has 7 nitrogen and oxygen atoms in total. The van der Waals surface area contributed by atoms with E-state index in [0.717, 1.165) is 30.3 Å². The number of morpholine rings is 1. The molecule has 1 amide bonds. The van der Waals surface area contributed by atoms with Crippen molar-refractivity contribution >= 4 is 52.0 Å². The van der Waals surface area contributed by atoms with Crippen LogP contribution in [0, 0.1) is 6.92 Å². The van der Waals surface area contributed by atoms with E-state index in [0.29, 0.717) is 34.1 Å². The van der Waals surface area contributed by atoms with Gasteiger partial charge in [-0.05, 0) is 43.3 Å². The van der Waals surface area contributed by atoms with Crippen molar-refractivity contribution in [1.82, 2.24) is 9.97 Å². The molecule has 1 fully saturated rings. The Morgan fingerprint density at radius 2 is 1.83 bits per heavy atom. The van der Waals surface area contributed by atoms with Crippen LogP contribution in [0.15, 0.2) is 42.5 Å². The molecule has 2 aromatic heterocycles. The lowest BCUT2D eigenvalue weighted by atomic mass is 10.2. The molecule has 0 bridgehead atoms. The molecular weight excluding hydrogens is 410 g/mol. The largest absolute Gasteiger partial charge is 0.378 e. The molecule has 9 heteroatoms. The van der Waals surface area contributed by atoms with E-state index in [-0.39, 0.29) is 5.91 Å². The number of aryl methyl sites for hydroxylation is 1. The maximum Gasteiger partial charge on any atom is 0.265 e. The quantitative estimate of drug-likeness (QED) is 0.628. The van der Waals surface area contributed by atoms with E-state index >= 15 is 0 Å². The van der Waals surface area contributed by atoms with Crippen LogP contribution in [-0.2, 0) is 4.74 Å². The number of ether oxygens (including phenoxy) is 1. The highest BCUT2D eigenvalue weighted by Gasteiger charge is 2.14. The Hall–Kier alpha value is -2.68. The minimum absolute atomic E-state index is 0.181. The Kier molecular flexibility index (Phi) is 5.94. The van der Waals surface area contributed by atoms with E-state index < -0.39 is 0 Å². The summed E-state index contributed by atoms with van der Waals surface area (Å²) in [5.41, 5.74) is 2.42. The highest BCUT2D eigenvalue weighted by atomic mass is 35.5. The molecule has 3 heterocycles. The molecule has 3 aromatic rings. The third-order valence-corrected chi connectivity index (χ3v) is 5.60. The summed E-state index contributed by atoms with van der Waals surface area (Å²) in [6, 6.07) is 12.8. The van der Waals surface area contributed by atoms with Crippen LogP contribution in [-0.4, -0.2) is 42.2 Å². The van der Waals surface area contributed by atoms with Crippen LogP contribution < -0.4 is 15.5 Å². The van der Waals surface area contributed by atoms with Gasteiger partial charge in [0.1, 0.15) is 5.82 Å². The molecule has 0 radical (unpaired) electrons. The van der Waals surface area contributed by atoms with Crippen molar-refractivity contribution < 1.29 is 9.53 Å². The van der Waals surface area contributed by atoms with Gasteiger partial charge in [0, 0.05) is 36.2 Å². The zero-order valence-electron chi connectivity index (χ0n) is 15.8. The van der Waals surface area contributed by atoms with Gasteiger partial charge < -0.3 is 20.3 Å². The van der Waals surface area contributed by atoms with Gasteiger partial charge in [0.05, 0.1) is 22.4 Å². The fourth-order valence-electron chi connectivity index (χ4n) is 2.96. The normalized spacial score (nSPS) is 13.9. The van der Waals surface area contributed by atoms with E-state index in [1.54, 1.807) is 12.1 Å². The number of nitrogens with zero attached hydrogens (tertiary/aromatic N) is 3. The minimum Gasteiger partial charge on any atom is -0.378 e. The lowest BCUT2D eigenvalue weighted by Gasteiger charge is -2.28. The monoisotopic (exact) mass is 429 g/mol. The summed E-state index contributed by atoms with van der Waals surface area (Å²) in [7, 11) is 0. The van der Waals surface area contributed by atoms with Gasteiger partial charge in [0.2, 0.25) is 5.95 Å². The number of carbonyl (C=O) groups is 1.